The summed E-state index contributed by atoms with van der Waals surface area (Å²) in [4.78, 5) is 32.4. The maximum atomic E-state index is 12.2. The zero-order valence-corrected chi connectivity index (χ0v) is 25.7. The molecule has 39 heavy (non-hydrogen) atoms. The molecule has 1 unspecified atom stereocenters. The van der Waals surface area contributed by atoms with E-state index in [0.717, 1.165) is 12.8 Å². The van der Waals surface area contributed by atoms with Gasteiger partial charge in [-0.05, 0) is 13.3 Å². The van der Waals surface area contributed by atoms with E-state index in [1.54, 1.807) is 6.92 Å². The number of phosphoric ester groups is 1. The van der Waals surface area contributed by atoms with Crippen molar-refractivity contribution in [1.82, 2.24) is 0 Å². The van der Waals surface area contributed by atoms with E-state index in [9.17, 15) is 9.79 Å². The van der Waals surface area contributed by atoms with Gasteiger partial charge in [0.25, 0.3) is 0 Å². The van der Waals surface area contributed by atoms with E-state index in [-0.39, 0.29) is 19.8 Å². The quantitative estimate of drug-likeness (QED) is 0.0376. The Balaban J connectivity index is 1.98. The minimum absolute atomic E-state index is 0.0508. The summed E-state index contributed by atoms with van der Waals surface area (Å²) in [6.07, 6.45) is 24.4. The lowest BCUT2D eigenvalue weighted by Crippen LogP contribution is -2.35. The average Bonchev–Trinajstić information content (AvgIpc) is 2.94. The second-order valence-corrected chi connectivity index (χ2v) is 11.7. The average molecular weight is 575 g/mol. The molecule has 8 nitrogen and oxygen atoms in total. The van der Waals surface area contributed by atoms with Gasteiger partial charge in [0, 0.05) is 18.7 Å². The minimum atomic E-state index is -4.20. The number of pyridine rings is 1. The predicted octanol–water partition coefficient (Wildman–Crippen LogP) is 6.65. The van der Waals surface area contributed by atoms with Crippen LogP contribution >= 0.6 is 8.17 Å². The smallest absolute Gasteiger partial charge is 0.377 e. The Labute approximate surface area is 239 Å². The fourth-order valence-electron chi connectivity index (χ4n) is 4.29. The van der Waals surface area contributed by atoms with Crippen LogP contribution in [0.3, 0.4) is 0 Å². The molecule has 1 aromatic heterocycles. The molecule has 2 atom stereocenters. The zero-order chi connectivity index (χ0) is 28.3. The first-order valence-corrected chi connectivity index (χ1v) is 17.0. The summed E-state index contributed by atoms with van der Waals surface area (Å²) in [6.45, 7) is 5.60. The summed E-state index contributed by atoms with van der Waals surface area (Å²) in [6, 6.07) is 5.66. The van der Waals surface area contributed by atoms with Gasteiger partial charge < -0.3 is 9.63 Å². The van der Waals surface area contributed by atoms with Gasteiger partial charge in [0.05, 0.1) is 13.2 Å². The topological polar surface area (TPSA) is 93.3 Å². The highest BCUT2D eigenvalue weighted by atomic mass is 31.2. The van der Waals surface area contributed by atoms with Crippen molar-refractivity contribution in [1.29, 1.82) is 0 Å². The van der Waals surface area contributed by atoms with E-state index in [2.05, 4.69) is 6.92 Å². The molecule has 0 aliphatic rings. The normalized spacial score (nSPS) is 13.9. The fourth-order valence-corrected chi connectivity index (χ4v) is 5.04. The van der Waals surface area contributed by atoms with Gasteiger partial charge in [0.15, 0.2) is 25.5 Å². The van der Waals surface area contributed by atoms with E-state index >= 15 is 0 Å². The predicted molar refractivity (Wildman–Crippen MR) is 155 cm³/mol. The summed E-state index contributed by atoms with van der Waals surface area (Å²) in [7, 11) is -4.20. The molecule has 0 aliphatic carbocycles. The van der Waals surface area contributed by atoms with Crippen LogP contribution in [-0.4, -0.2) is 44.0 Å². The lowest BCUT2D eigenvalue weighted by molar-refractivity contribution is -0.697. The number of phosphoric acid groups is 1. The van der Waals surface area contributed by atoms with Crippen LogP contribution in [0.25, 0.3) is 0 Å². The first kappa shape index (κ1) is 36.3. The molecule has 0 amide bonds. The van der Waals surface area contributed by atoms with Crippen LogP contribution < -0.4 is 9.46 Å². The molecule has 0 bridgehead atoms. The highest BCUT2D eigenvalue weighted by Gasteiger charge is 2.30. The molecule has 1 aromatic rings. The number of hydrogen-bond acceptors (Lipinski definition) is 7. The molecule has 228 valence electrons. The van der Waals surface area contributed by atoms with Crippen molar-refractivity contribution in [2.75, 3.05) is 33.0 Å². The van der Waals surface area contributed by atoms with Crippen LogP contribution in [0, 0.1) is 0 Å². The van der Waals surface area contributed by atoms with Crippen LogP contribution in [-0.2, 0) is 30.1 Å². The summed E-state index contributed by atoms with van der Waals surface area (Å²) >= 11 is 0. The zero-order valence-electron chi connectivity index (χ0n) is 24.8. The van der Waals surface area contributed by atoms with Crippen molar-refractivity contribution in [2.24, 2.45) is 0 Å². The Hall–Kier alpha value is -0.700. The van der Waals surface area contributed by atoms with Crippen molar-refractivity contribution >= 4 is 8.17 Å². The van der Waals surface area contributed by atoms with E-state index in [4.69, 9.17) is 23.6 Å². The lowest BCUT2D eigenvalue weighted by Gasteiger charge is -2.22. The van der Waals surface area contributed by atoms with Crippen molar-refractivity contribution in [2.45, 2.75) is 129 Å². The first-order valence-electron chi connectivity index (χ1n) is 15.5. The van der Waals surface area contributed by atoms with Crippen LogP contribution in [0.15, 0.2) is 30.6 Å². The van der Waals surface area contributed by atoms with E-state index in [1.807, 2.05) is 35.2 Å². The van der Waals surface area contributed by atoms with Gasteiger partial charge in [-0.1, -0.05) is 109 Å². The molecule has 1 N–H and O–H groups in total. The fraction of sp³-hybridized carbons (Fsp3) is 0.833. The Morgan fingerprint density at radius 3 is 1.77 bits per heavy atom. The SMILES string of the molecule is CCCCCCCCCCCCCCCCCCOC[C@H](CO[P+]([O-])(O)OCC[n+]1ccccc1)OOCC. The van der Waals surface area contributed by atoms with Gasteiger partial charge in [-0.15, -0.1) is 0 Å². The number of nitrogens with zero attached hydrogens (tertiary/aromatic N) is 1. The van der Waals surface area contributed by atoms with Crippen molar-refractivity contribution in [3.63, 3.8) is 0 Å². The van der Waals surface area contributed by atoms with E-state index in [1.165, 1.54) is 89.9 Å². The number of rotatable bonds is 29. The van der Waals surface area contributed by atoms with E-state index < -0.39 is 14.3 Å². The molecule has 0 spiro atoms. The van der Waals surface area contributed by atoms with Gasteiger partial charge in [-0.3, -0.25) is 0 Å². The number of ether oxygens (including phenoxy) is 1. The molecule has 0 saturated carbocycles. The van der Waals surface area contributed by atoms with Crippen LogP contribution in [0.2, 0.25) is 0 Å². The maximum Gasteiger partial charge on any atom is 0.377 e. The minimum Gasteiger partial charge on any atom is -0.606 e. The molecular formula is C30H57NO7P+. The second-order valence-electron chi connectivity index (χ2n) is 10.2. The van der Waals surface area contributed by atoms with Gasteiger partial charge >= 0.3 is 8.17 Å². The summed E-state index contributed by atoms with van der Waals surface area (Å²) in [5.74, 6) is 0. The summed E-state index contributed by atoms with van der Waals surface area (Å²) in [5.41, 5.74) is 0. The third kappa shape index (κ3) is 23.7. The molecule has 0 aromatic carbocycles. The Bertz CT molecular complexity index is 639. The Morgan fingerprint density at radius 1 is 0.692 bits per heavy atom. The van der Waals surface area contributed by atoms with Gasteiger partial charge in [0.2, 0.25) is 0 Å². The Kier molecular flexibility index (Phi) is 24.4. The largest absolute Gasteiger partial charge is 0.606 e. The van der Waals surface area contributed by atoms with Crippen LogP contribution in [0.5, 0.6) is 0 Å². The third-order valence-corrected chi connectivity index (χ3v) is 7.56. The first-order chi connectivity index (χ1) is 19.1. The van der Waals surface area contributed by atoms with Crippen molar-refractivity contribution in [3.8, 4) is 0 Å². The molecule has 0 radical (unpaired) electrons. The summed E-state index contributed by atoms with van der Waals surface area (Å²) in [5, 5.41) is 0. The lowest BCUT2D eigenvalue weighted by atomic mass is 10.0. The van der Waals surface area contributed by atoms with Crippen molar-refractivity contribution in [3.05, 3.63) is 30.6 Å². The van der Waals surface area contributed by atoms with E-state index in [0.29, 0.717) is 19.8 Å². The molecule has 0 aliphatic heterocycles. The molecule has 1 rings (SSSR count). The van der Waals surface area contributed by atoms with Crippen LogP contribution in [0.4, 0.5) is 0 Å². The number of aromatic nitrogens is 1. The molecule has 0 saturated heterocycles. The number of hydrogen-bond donors (Lipinski definition) is 1. The molecule has 9 heteroatoms. The molecule has 1 heterocycles. The molecular weight excluding hydrogens is 517 g/mol. The summed E-state index contributed by atoms with van der Waals surface area (Å²) < 4.78 is 17.7. The highest BCUT2D eigenvalue weighted by Crippen LogP contribution is 2.47. The van der Waals surface area contributed by atoms with Gasteiger partial charge in [0.1, 0.15) is 12.7 Å². The standard InChI is InChI=1S/C30H56NO7P/c1-3-5-6-7-8-9-10-11-12-13-14-15-16-17-18-22-26-34-28-30(38-35-4-2)29-37-39(32,33)36-27-25-31-23-20-19-21-24-31/h19-21,23-24,30H,3-18,22,25-29H2,1-2H3/p+1/t30-/m1/s1. The number of unbranched alkanes of at least 4 members (excludes halogenated alkanes) is 15. The van der Waals surface area contributed by atoms with Crippen LogP contribution in [0.1, 0.15) is 117 Å². The van der Waals surface area contributed by atoms with Crippen molar-refractivity contribution < 1.29 is 37.9 Å². The monoisotopic (exact) mass is 574 g/mol. The molecule has 0 fully saturated rings. The second kappa shape index (κ2) is 26.2. The van der Waals surface area contributed by atoms with Gasteiger partial charge in [-0.2, -0.15) is 13.9 Å². The maximum absolute atomic E-state index is 12.2. The van der Waals surface area contributed by atoms with Gasteiger partial charge in [-0.25, -0.2) is 14.3 Å². The third-order valence-electron chi connectivity index (χ3n) is 6.57. The Morgan fingerprint density at radius 2 is 1.23 bits per heavy atom. The highest BCUT2D eigenvalue weighted by molar-refractivity contribution is 7.52.